The van der Waals surface area contributed by atoms with Gasteiger partial charge in [0.25, 0.3) is 0 Å². The van der Waals surface area contributed by atoms with E-state index in [0.717, 1.165) is 24.8 Å². The van der Waals surface area contributed by atoms with Crippen LogP contribution in [0.4, 0.5) is 4.39 Å². The van der Waals surface area contributed by atoms with E-state index in [1.807, 2.05) is 0 Å². The second kappa shape index (κ2) is 5.66. The Morgan fingerprint density at radius 3 is 2.67 bits per heavy atom. The van der Waals surface area contributed by atoms with E-state index in [4.69, 9.17) is 0 Å². The molecule has 0 saturated heterocycles. The van der Waals surface area contributed by atoms with Crippen LogP contribution in [0.1, 0.15) is 31.7 Å². The van der Waals surface area contributed by atoms with Gasteiger partial charge in [0.2, 0.25) is 10.0 Å². The standard InChI is InChI=1S/C15H21FN2O2S/c1-10-6-12(10)9-18-21(19,20)15-7-11(2-5-14(15)16)8-17-13-3-4-13/h2,5,7,10,12-13,17-18H,3-4,6,8-9H2,1H3. The number of hydrogen-bond donors (Lipinski definition) is 2. The summed E-state index contributed by atoms with van der Waals surface area (Å²) in [4.78, 5) is -0.245. The Morgan fingerprint density at radius 1 is 1.33 bits per heavy atom. The number of benzene rings is 1. The van der Waals surface area contributed by atoms with Crippen LogP contribution >= 0.6 is 0 Å². The summed E-state index contributed by atoms with van der Waals surface area (Å²) in [5.74, 6) is 0.260. The summed E-state index contributed by atoms with van der Waals surface area (Å²) in [7, 11) is -3.77. The normalized spacial score (nSPS) is 25.0. The maximum absolute atomic E-state index is 13.9. The Morgan fingerprint density at radius 2 is 2.05 bits per heavy atom. The molecule has 116 valence electrons. The molecule has 0 aliphatic heterocycles. The number of hydrogen-bond acceptors (Lipinski definition) is 3. The van der Waals surface area contributed by atoms with E-state index < -0.39 is 15.8 Å². The lowest BCUT2D eigenvalue weighted by molar-refractivity contribution is 0.551. The van der Waals surface area contributed by atoms with Crippen molar-refractivity contribution >= 4 is 10.0 Å². The lowest BCUT2D eigenvalue weighted by Gasteiger charge is -2.10. The summed E-state index contributed by atoms with van der Waals surface area (Å²) in [6.07, 6.45) is 3.36. The third kappa shape index (κ3) is 3.81. The molecule has 1 aromatic rings. The van der Waals surface area contributed by atoms with Crippen molar-refractivity contribution in [2.24, 2.45) is 11.8 Å². The fourth-order valence-electron chi connectivity index (χ4n) is 2.39. The van der Waals surface area contributed by atoms with Crippen LogP contribution in [0.25, 0.3) is 0 Å². The smallest absolute Gasteiger partial charge is 0.243 e. The van der Waals surface area contributed by atoms with Crippen molar-refractivity contribution in [1.82, 2.24) is 10.0 Å². The van der Waals surface area contributed by atoms with E-state index in [9.17, 15) is 12.8 Å². The van der Waals surface area contributed by atoms with Gasteiger partial charge in [-0.05, 0) is 48.8 Å². The molecule has 2 N–H and O–H groups in total. The van der Waals surface area contributed by atoms with Crippen molar-refractivity contribution < 1.29 is 12.8 Å². The summed E-state index contributed by atoms with van der Waals surface area (Å²) >= 11 is 0. The minimum Gasteiger partial charge on any atom is -0.310 e. The number of sulfonamides is 1. The maximum atomic E-state index is 13.9. The molecule has 0 heterocycles. The predicted octanol–water partition coefficient (Wildman–Crippen LogP) is 2.01. The molecule has 2 saturated carbocycles. The van der Waals surface area contributed by atoms with Crippen LogP contribution in [0, 0.1) is 17.7 Å². The highest BCUT2D eigenvalue weighted by atomic mass is 32.2. The molecule has 6 heteroatoms. The third-order valence-corrected chi connectivity index (χ3v) is 5.71. The summed E-state index contributed by atoms with van der Waals surface area (Å²) in [6.45, 7) is 3.06. The zero-order valence-corrected chi connectivity index (χ0v) is 12.9. The van der Waals surface area contributed by atoms with Crippen molar-refractivity contribution in [1.29, 1.82) is 0 Å². The first kappa shape index (κ1) is 14.9. The number of rotatable bonds is 7. The van der Waals surface area contributed by atoms with Crippen LogP contribution in [0.3, 0.4) is 0 Å². The number of nitrogens with one attached hydrogen (secondary N) is 2. The van der Waals surface area contributed by atoms with Crippen LogP contribution < -0.4 is 10.0 Å². The monoisotopic (exact) mass is 312 g/mol. The van der Waals surface area contributed by atoms with Crippen molar-refractivity contribution in [2.45, 2.75) is 43.7 Å². The topological polar surface area (TPSA) is 58.2 Å². The summed E-state index contributed by atoms with van der Waals surface area (Å²) in [6, 6.07) is 4.83. The Kier molecular flexibility index (Phi) is 4.03. The van der Waals surface area contributed by atoms with Gasteiger partial charge in [0.15, 0.2) is 0 Å². The average molecular weight is 312 g/mol. The zero-order valence-electron chi connectivity index (χ0n) is 12.1. The molecule has 0 bridgehead atoms. The Labute approximate surface area is 125 Å². The lowest BCUT2D eigenvalue weighted by Crippen LogP contribution is -2.27. The van der Waals surface area contributed by atoms with Gasteiger partial charge >= 0.3 is 0 Å². The molecular formula is C15H21FN2O2S. The van der Waals surface area contributed by atoms with Gasteiger partial charge in [0, 0.05) is 19.1 Å². The second-order valence-corrected chi connectivity index (χ2v) is 7.98. The third-order valence-electron chi connectivity index (χ3n) is 4.27. The van der Waals surface area contributed by atoms with Gasteiger partial charge in [-0.15, -0.1) is 0 Å². The molecule has 1 aromatic carbocycles. The fraction of sp³-hybridized carbons (Fsp3) is 0.600. The van der Waals surface area contributed by atoms with Gasteiger partial charge in [-0.3, -0.25) is 0 Å². The lowest BCUT2D eigenvalue weighted by atomic mass is 10.2. The molecule has 21 heavy (non-hydrogen) atoms. The Hall–Kier alpha value is -0.980. The van der Waals surface area contributed by atoms with Gasteiger partial charge in [-0.2, -0.15) is 0 Å². The first-order chi connectivity index (χ1) is 9.95. The highest BCUT2D eigenvalue weighted by molar-refractivity contribution is 7.89. The van der Waals surface area contributed by atoms with Crippen LogP contribution in [0.5, 0.6) is 0 Å². The molecule has 2 fully saturated rings. The minimum atomic E-state index is -3.77. The van der Waals surface area contributed by atoms with Crippen molar-refractivity contribution in [3.8, 4) is 0 Å². The predicted molar refractivity (Wildman–Crippen MR) is 78.7 cm³/mol. The van der Waals surface area contributed by atoms with Crippen LogP contribution in [0.2, 0.25) is 0 Å². The minimum absolute atomic E-state index is 0.245. The highest BCUT2D eigenvalue weighted by Crippen LogP contribution is 2.37. The Balaban J connectivity index is 1.70. The molecule has 2 unspecified atom stereocenters. The van der Waals surface area contributed by atoms with Crippen molar-refractivity contribution in [3.05, 3.63) is 29.6 Å². The first-order valence-corrected chi connectivity index (χ1v) is 8.95. The van der Waals surface area contributed by atoms with Crippen LogP contribution in [-0.4, -0.2) is 21.0 Å². The van der Waals surface area contributed by atoms with Gasteiger partial charge in [0.05, 0.1) is 0 Å². The summed E-state index contributed by atoms with van der Waals surface area (Å²) < 4.78 is 40.8. The van der Waals surface area contributed by atoms with Crippen molar-refractivity contribution in [3.63, 3.8) is 0 Å². The van der Waals surface area contributed by atoms with Crippen molar-refractivity contribution in [2.75, 3.05) is 6.54 Å². The van der Waals surface area contributed by atoms with E-state index in [1.165, 1.54) is 12.1 Å². The molecule has 0 radical (unpaired) electrons. The molecule has 2 atom stereocenters. The summed E-state index contributed by atoms with van der Waals surface area (Å²) in [5.41, 5.74) is 0.795. The maximum Gasteiger partial charge on any atom is 0.243 e. The SMILES string of the molecule is CC1CC1CNS(=O)(=O)c1cc(CNC2CC2)ccc1F. The van der Waals surface area contributed by atoms with E-state index in [1.54, 1.807) is 6.07 Å². The van der Waals surface area contributed by atoms with Crippen LogP contribution in [-0.2, 0) is 16.6 Å². The molecule has 0 spiro atoms. The van der Waals surface area contributed by atoms with E-state index in [-0.39, 0.29) is 4.90 Å². The molecule has 0 aromatic heterocycles. The van der Waals surface area contributed by atoms with E-state index in [2.05, 4.69) is 17.0 Å². The largest absolute Gasteiger partial charge is 0.310 e. The van der Waals surface area contributed by atoms with E-state index in [0.29, 0.717) is 31.0 Å². The quantitative estimate of drug-likeness (QED) is 0.810. The van der Waals surface area contributed by atoms with Crippen LogP contribution in [0.15, 0.2) is 23.1 Å². The van der Waals surface area contributed by atoms with Gasteiger partial charge in [-0.1, -0.05) is 13.0 Å². The molecule has 2 aliphatic rings. The van der Waals surface area contributed by atoms with Gasteiger partial charge in [0.1, 0.15) is 10.7 Å². The average Bonchev–Trinajstić information content (AvgIpc) is 3.33. The molecule has 0 amide bonds. The fourth-order valence-corrected chi connectivity index (χ4v) is 3.61. The van der Waals surface area contributed by atoms with E-state index >= 15 is 0 Å². The Bertz CT molecular complexity index is 629. The molecule has 4 nitrogen and oxygen atoms in total. The number of halogens is 1. The zero-order chi connectivity index (χ0) is 15.0. The second-order valence-electron chi connectivity index (χ2n) is 6.24. The highest BCUT2D eigenvalue weighted by Gasteiger charge is 2.33. The first-order valence-electron chi connectivity index (χ1n) is 7.47. The molecule has 3 rings (SSSR count). The van der Waals surface area contributed by atoms with Gasteiger partial charge in [-0.25, -0.2) is 17.5 Å². The molecule has 2 aliphatic carbocycles. The summed E-state index contributed by atoms with van der Waals surface area (Å²) in [5, 5.41) is 3.30. The van der Waals surface area contributed by atoms with Gasteiger partial charge < -0.3 is 5.32 Å². The molecular weight excluding hydrogens is 291 g/mol.